The first-order chi connectivity index (χ1) is 19.8. The summed E-state index contributed by atoms with van der Waals surface area (Å²) in [6.45, 7) is 8.46. The highest BCUT2D eigenvalue weighted by atomic mass is 32.1. The molecule has 1 aliphatic rings. The molecule has 0 N–H and O–H groups in total. The Hall–Kier alpha value is -3.48. The van der Waals surface area contributed by atoms with Gasteiger partial charge < -0.3 is 9.31 Å². The van der Waals surface area contributed by atoms with Gasteiger partial charge in [-0.3, -0.25) is 0 Å². The average molecular weight is 569 g/mol. The first-order valence-electron chi connectivity index (χ1n) is 14.1. The Morgan fingerprint density at radius 2 is 0.902 bits per heavy atom. The smallest absolute Gasteiger partial charge is 0.399 e. The SMILES string of the molecule is CC1(C)OB(c2cc(-c3ccc4sc5ccccc5c4c3)cc(-c3ccc4sc5ccccc5c4c3)c2)OC1(C)C. The molecule has 3 heterocycles. The van der Waals surface area contributed by atoms with Crippen molar-refractivity contribution in [2.24, 2.45) is 0 Å². The van der Waals surface area contributed by atoms with Gasteiger partial charge in [-0.05, 0) is 97.9 Å². The Labute approximate surface area is 248 Å². The van der Waals surface area contributed by atoms with E-state index in [4.69, 9.17) is 9.31 Å². The van der Waals surface area contributed by atoms with Crippen LogP contribution in [-0.2, 0) is 9.31 Å². The van der Waals surface area contributed by atoms with Gasteiger partial charge in [-0.25, -0.2) is 0 Å². The summed E-state index contributed by atoms with van der Waals surface area (Å²) in [6, 6.07) is 37.9. The Kier molecular flexibility index (Phi) is 5.55. The summed E-state index contributed by atoms with van der Waals surface area (Å²) in [5, 5.41) is 5.23. The highest BCUT2D eigenvalue weighted by Gasteiger charge is 2.51. The summed E-state index contributed by atoms with van der Waals surface area (Å²) in [7, 11) is -0.435. The third-order valence-corrected chi connectivity index (χ3v) is 11.2. The molecule has 8 rings (SSSR count). The molecular formula is C36H29BO2S2. The monoisotopic (exact) mass is 568 g/mol. The van der Waals surface area contributed by atoms with Gasteiger partial charge in [0.2, 0.25) is 0 Å². The van der Waals surface area contributed by atoms with Crippen LogP contribution in [0.25, 0.3) is 62.6 Å². The summed E-state index contributed by atoms with van der Waals surface area (Å²) in [5.74, 6) is 0. The topological polar surface area (TPSA) is 18.5 Å². The van der Waals surface area contributed by atoms with Crippen LogP contribution in [0.4, 0.5) is 0 Å². The van der Waals surface area contributed by atoms with Crippen molar-refractivity contribution in [1.82, 2.24) is 0 Å². The van der Waals surface area contributed by atoms with E-state index in [1.54, 1.807) is 0 Å². The largest absolute Gasteiger partial charge is 0.494 e. The van der Waals surface area contributed by atoms with Crippen molar-refractivity contribution < 1.29 is 9.31 Å². The van der Waals surface area contributed by atoms with Crippen LogP contribution in [0.1, 0.15) is 27.7 Å². The van der Waals surface area contributed by atoms with Crippen molar-refractivity contribution in [3.8, 4) is 22.3 Å². The minimum atomic E-state index is -0.435. The van der Waals surface area contributed by atoms with E-state index in [0.717, 1.165) is 5.46 Å². The molecule has 0 bridgehead atoms. The molecule has 2 aromatic heterocycles. The van der Waals surface area contributed by atoms with E-state index >= 15 is 0 Å². The van der Waals surface area contributed by atoms with Gasteiger partial charge in [0, 0.05) is 40.3 Å². The fourth-order valence-electron chi connectivity index (χ4n) is 5.91. The molecule has 200 valence electrons. The minimum Gasteiger partial charge on any atom is -0.399 e. The number of thiophene rings is 2. The first-order valence-corrected chi connectivity index (χ1v) is 15.7. The number of benzene rings is 5. The van der Waals surface area contributed by atoms with Crippen LogP contribution in [-0.4, -0.2) is 18.3 Å². The van der Waals surface area contributed by atoms with Crippen molar-refractivity contribution in [1.29, 1.82) is 0 Å². The van der Waals surface area contributed by atoms with Crippen molar-refractivity contribution in [2.75, 3.05) is 0 Å². The van der Waals surface area contributed by atoms with Crippen LogP contribution in [0, 0.1) is 0 Å². The zero-order chi connectivity index (χ0) is 27.9. The van der Waals surface area contributed by atoms with Crippen LogP contribution in [0.3, 0.4) is 0 Å². The maximum Gasteiger partial charge on any atom is 0.494 e. The summed E-state index contributed by atoms with van der Waals surface area (Å²) in [4.78, 5) is 0. The van der Waals surface area contributed by atoms with E-state index in [1.807, 2.05) is 22.7 Å². The van der Waals surface area contributed by atoms with Gasteiger partial charge >= 0.3 is 7.12 Å². The van der Waals surface area contributed by atoms with E-state index in [0.29, 0.717) is 0 Å². The Bertz CT molecular complexity index is 1990. The molecule has 5 aromatic carbocycles. The Morgan fingerprint density at radius 3 is 1.39 bits per heavy atom. The molecule has 41 heavy (non-hydrogen) atoms. The third-order valence-electron chi connectivity index (χ3n) is 8.90. The molecule has 0 unspecified atom stereocenters. The lowest BCUT2D eigenvalue weighted by atomic mass is 9.76. The fourth-order valence-corrected chi connectivity index (χ4v) is 8.08. The van der Waals surface area contributed by atoms with Crippen molar-refractivity contribution in [3.05, 3.63) is 103 Å². The minimum absolute atomic E-state index is 0.406. The summed E-state index contributed by atoms with van der Waals surface area (Å²) in [5.41, 5.74) is 4.96. The molecule has 1 fully saturated rings. The normalized spacial score (nSPS) is 16.4. The lowest BCUT2D eigenvalue weighted by Gasteiger charge is -2.32. The van der Waals surface area contributed by atoms with Gasteiger partial charge in [0.25, 0.3) is 0 Å². The number of hydrogen-bond donors (Lipinski definition) is 0. The molecule has 5 heteroatoms. The molecule has 2 nitrogen and oxygen atoms in total. The number of rotatable bonds is 3. The summed E-state index contributed by atoms with van der Waals surface area (Å²) >= 11 is 3.70. The van der Waals surface area contributed by atoms with E-state index in [1.165, 1.54) is 62.6 Å². The Morgan fingerprint density at radius 1 is 0.463 bits per heavy atom. The average Bonchev–Trinajstić information content (AvgIpc) is 3.60. The zero-order valence-electron chi connectivity index (χ0n) is 23.5. The second kappa shape index (κ2) is 9.01. The molecule has 0 amide bonds. The van der Waals surface area contributed by atoms with Crippen LogP contribution in [0.15, 0.2) is 103 Å². The van der Waals surface area contributed by atoms with Crippen LogP contribution in [0.5, 0.6) is 0 Å². The predicted molar refractivity (Wildman–Crippen MR) is 179 cm³/mol. The summed E-state index contributed by atoms with van der Waals surface area (Å²) < 4.78 is 18.4. The molecule has 0 aliphatic carbocycles. The van der Waals surface area contributed by atoms with Crippen LogP contribution >= 0.6 is 22.7 Å². The Balaban J connectivity index is 1.32. The van der Waals surface area contributed by atoms with Gasteiger partial charge in [-0.1, -0.05) is 60.7 Å². The van der Waals surface area contributed by atoms with Gasteiger partial charge in [0.05, 0.1) is 11.2 Å². The number of fused-ring (bicyclic) bond motifs is 6. The predicted octanol–water partition coefficient (Wildman–Crippen LogP) is 10.1. The second-order valence-corrected chi connectivity index (χ2v) is 14.2. The molecule has 0 spiro atoms. The summed E-state index contributed by atoms with van der Waals surface area (Å²) in [6.07, 6.45) is 0. The second-order valence-electron chi connectivity index (χ2n) is 12.1. The van der Waals surface area contributed by atoms with Gasteiger partial charge in [0.15, 0.2) is 0 Å². The van der Waals surface area contributed by atoms with Crippen LogP contribution < -0.4 is 5.46 Å². The van der Waals surface area contributed by atoms with E-state index in [9.17, 15) is 0 Å². The van der Waals surface area contributed by atoms with Crippen LogP contribution in [0.2, 0.25) is 0 Å². The van der Waals surface area contributed by atoms with E-state index in [2.05, 4.69) is 131 Å². The van der Waals surface area contributed by atoms with Gasteiger partial charge in [0.1, 0.15) is 0 Å². The zero-order valence-corrected chi connectivity index (χ0v) is 25.2. The fraction of sp³-hybridized carbons (Fsp3) is 0.167. The third kappa shape index (κ3) is 4.06. The van der Waals surface area contributed by atoms with Gasteiger partial charge in [-0.15, -0.1) is 22.7 Å². The molecule has 7 aromatic rings. The molecule has 0 saturated carbocycles. The van der Waals surface area contributed by atoms with Crippen molar-refractivity contribution >= 4 is 75.6 Å². The van der Waals surface area contributed by atoms with Crippen molar-refractivity contribution in [3.63, 3.8) is 0 Å². The number of hydrogen-bond acceptors (Lipinski definition) is 4. The molecule has 1 aliphatic heterocycles. The quantitative estimate of drug-likeness (QED) is 0.198. The first kappa shape index (κ1) is 25.3. The van der Waals surface area contributed by atoms with Crippen molar-refractivity contribution in [2.45, 2.75) is 38.9 Å². The van der Waals surface area contributed by atoms with E-state index in [-0.39, 0.29) is 0 Å². The maximum absolute atomic E-state index is 6.54. The highest BCUT2D eigenvalue weighted by molar-refractivity contribution is 7.26. The lowest BCUT2D eigenvalue weighted by Crippen LogP contribution is -2.41. The molecule has 1 saturated heterocycles. The van der Waals surface area contributed by atoms with Gasteiger partial charge in [-0.2, -0.15) is 0 Å². The lowest BCUT2D eigenvalue weighted by molar-refractivity contribution is 0.00578. The maximum atomic E-state index is 6.54. The molecular weight excluding hydrogens is 539 g/mol. The van der Waals surface area contributed by atoms with E-state index < -0.39 is 18.3 Å². The standard InChI is InChI=1S/C36H29BO2S2/c1-35(2)36(3,4)39-37(38-35)26-18-24(22-13-15-33-29(20-22)27-9-5-7-11-31(27)40-33)17-25(19-26)23-14-16-34-30(21-23)28-10-6-8-12-32(28)41-34/h5-21H,1-4H3. The highest BCUT2D eigenvalue weighted by Crippen LogP contribution is 2.40. The molecule has 0 atom stereocenters. The molecule has 0 radical (unpaired) electrons.